The van der Waals surface area contributed by atoms with E-state index in [2.05, 4.69) is 25.6 Å². The molecule has 0 bridgehead atoms. The molecule has 0 aliphatic carbocycles. The number of pyridine rings is 1. The van der Waals surface area contributed by atoms with Crippen LogP contribution in [0, 0.1) is 0 Å². The minimum Gasteiger partial charge on any atom is -0.385 e. The van der Waals surface area contributed by atoms with Crippen molar-refractivity contribution in [1.82, 2.24) is 14.1 Å². The van der Waals surface area contributed by atoms with Crippen LogP contribution in [0.5, 0.6) is 0 Å². The molecule has 0 saturated carbocycles. The summed E-state index contributed by atoms with van der Waals surface area (Å²) >= 11 is 9.31. The highest BCUT2D eigenvalue weighted by molar-refractivity contribution is 9.10. The Morgan fingerprint density at radius 1 is 1.52 bits per heavy atom. The van der Waals surface area contributed by atoms with E-state index in [4.69, 9.17) is 16.3 Å². The van der Waals surface area contributed by atoms with Gasteiger partial charge in [-0.3, -0.25) is 4.40 Å². The number of halogens is 2. The summed E-state index contributed by atoms with van der Waals surface area (Å²) in [5, 5.41) is -0.121. The van der Waals surface area contributed by atoms with Crippen LogP contribution in [0.1, 0.15) is 13.3 Å². The van der Waals surface area contributed by atoms with Crippen LogP contribution in [0.3, 0.4) is 0 Å². The van der Waals surface area contributed by atoms with Gasteiger partial charge < -0.3 is 4.74 Å². The van der Waals surface area contributed by atoms with E-state index >= 15 is 0 Å². The van der Waals surface area contributed by atoms with E-state index in [1.165, 1.54) is 4.40 Å². The summed E-state index contributed by atoms with van der Waals surface area (Å²) in [5.41, 5.74) is 0.466. The Morgan fingerprint density at radius 2 is 2.24 bits per heavy atom. The lowest BCUT2D eigenvalue weighted by molar-refractivity contribution is 0.188. The molecular formula is C12H15BrClN3O3S. The van der Waals surface area contributed by atoms with Crippen LogP contribution in [-0.4, -0.2) is 37.6 Å². The molecular weight excluding hydrogens is 382 g/mol. The Labute approximate surface area is 136 Å². The summed E-state index contributed by atoms with van der Waals surface area (Å²) in [6.07, 6.45) is 2.18. The normalized spacial score (nSPS) is 13.7. The average molecular weight is 397 g/mol. The molecule has 0 aromatic carbocycles. The Kier molecular flexibility index (Phi) is 5.26. The zero-order chi connectivity index (χ0) is 15.6. The van der Waals surface area contributed by atoms with Crippen LogP contribution < -0.4 is 4.72 Å². The van der Waals surface area contributed by atoms with Gasteiger partial charge in [-0.15, -0.1) is 0 Å². The monoisotopic (exact) mass is 395 g/mol. The van der Waals surface area contributed by atoms with Gasteiger partial charge in [0.1, 0.15) is 5.65 Å². The van der Waals surface area contributed by atoms with Crippen LogP contribution >= 0.6 is 27.5 Å². The smallest absolute Gasteiger partial charge is 0.260 e. The number of aromatic nitrogens is 2. The van der Waals surface area contributed by atoms with Crippen molar-refractivity contribution in [3.8, 4) is 0 Å². The molecule has 2 aromatic rings. The number of ether oxygens (including phenoxy) is 1. The fourth-order valence-corrected chi connectivity index (χ4v) is 4.13. The highest BCUT2D eigenvalue weighted by Crippen LogP contribution is 2.24. The molecule has 116 valence electrons. The number of hydrogen-bond donors (Lipinski definition) is 1. The van der Waals surface area contributed by atoms with Crippen LogP contribution in [-0.2, 0) is 14.8 Å². The first-order valence-corrected chi connectivity index (χ1v) is 8.85. The molecule has 0 unspecified atom stereocenters. The first-order chi connectivity index (χ1) is 9.85. The lowest BCUT2D eigenvalue weighted by atomic mass is 10.3. The molecule has 6 nitrogen and oxygen atoms in total. The molecule has 9 heteroatoms. The largest absolute Gasteiger partial charge is 0.385 e. The molecule has 1 atom stereocenters. The molecule has 0 aliphatic rings. The molecule has 0 aliphatic heterocycles. The van der Waals surface area contributed by atoms with Gasteiger partial charge in [0.15, 0.2) is 10.2 Å². The predicted molar refractivity (Wildman–Crippen MR) is 84.2 cm³/mol. The quantitative estimate of drug-likeness (QED) is 0.814. The maximum absolute atomic E-state index is 12.5. The Hall–Kier alpha value is -0.670. The molecule has 0 amide bonds. The summed E-state index contributed by atoms with van der Waals surface area (Å²) in [7, 11) is -2.21. The van der Waals surface area contributed by atoms with Gasteiger partial charge in [0.2, 0.25) is 0 Å². The first-order valence-electron chi connectivity index (χ1n) is 6.19. The van der Waals surface area contributed by atoms with Gasteiger partial charge in [-0.2, -0.15) is 0 Å². The van der Waals surface area contributed by atoms with Crippen LogP contribution in [0.4, 0.5) is 0 Å². The molecule has 2 aromatic heterocycles. The minimum absolute atomic E-state index is 0.0560. The van der Waals surface area contributed by atoms with Crippen LogP contribution in [0.15, 0.2) is 27.8 Å². The molecule has 0 spiro atoms. The fourth-order valence-electron chi connectivity index (χ4n) is 1.88. The van der Waals surface area contributed by atoms with E-state index in [0.717, 1.165) is 4.47 Å². The number of methoxy groups -OCH3 is 1. The van der Waals surface area contributed by atoms with E-state index in [9.17, 15) is 8.42 Å². The topological polar surface area (TPSA) is 72.7 Å². The van der Waals surface area contributed by atoms with Crippen molar-refractivity contribution in [2.24, 2.45) is 0 Å². The zero-order valence-corrected chi connectivity index (χ0v) is 14.7. The minimum atomic E-state index is -3.78. The summed E-state index contributed by atoms with van der Waals surface area (Å²) < 4.78 is 34.7. The van der Waals surface area contributed by atoms with E-state index in [0.29, 0.717) is 18.7 Å². The molecule has 2 rings (SSSR count). The van der Waals surface area contributed by atoms with Crippen molar-refractivity contribution in [3.05, 3.63) is 28.0 Å². The maximum Gasteiger partial charge on any atom is 0.260 e. The molecule has 2 heterocycles. The van der Waals surface area contributed by atoms with Crippen molar-refractivity contribution in [3.63, 3.8) is 0 Å². The lowest BCUT2D eigenvalue weighted by Crippen LogP contribution is -2.34. The third-order valence-corrected chi connectivity index (χ3v) is 5.32. The highest BCUT2D eigenvalue weighted by atomic mass is 79.9. The van der Waals surface area contributed by atoms with Crippen molar-refractivity contribution < 1.29 is 13.2 Å². The second-order valence-electron chi connectivity index (χ2n) is 4.59. The zero-order valence-electron chi connectivity index (χ0n) is 11.5. The number of nitrogens with one attached hydrogen (secondary N) is 1. The van der Waals surface area contributed by atoms with Gasteiger partial charge in [-0.1, -0.05) is 11.6 Å². The molecule has 21 heavy (non-hydrogen) atoms. The molecule has 0 radical (unpaired) electrons. The molecule has 0 fully saturated rings. The fraction of sp³-hybridized carbons (Fsp3) is 0.417. The second kappa shape index (κ2) is 6.62. The predicted octanol–water partition coefficient (Wildman–Crippen LogP) is 2.45. The number of imidazole rings is 1. The van der Waals surface area contributed by atoms with Crippen LogP contribution in [0.25, 0.3) is 5.65 Å². The lowest BCUT2D eigenvalue weighted by Gasteiger charge is -2.13. The van der Waals surface area contributed by atoms with Crippen molar-refractivity contribution in [2.75, 3.05) is 13.7 Å². The van der Waals surface area contributed by atoms with Gasteiger partial charge in [0, 0.05) is 30.4 Å². The van der Waals surface area contributed by atoms with Crippen molar-refractivity contribution in [1.29, 1.82) is 0 Å². The number of fused-ring (bicyclic) bond motifs is 1. The Morgan fingerprint density at radius 3 is 2.90 bits per heavy atom. The molecule has 1 N–H and O–H groups in total. The highest BCUT2D eigenvalue weighted by Gasteiger charge is 2.26. The van der Waals surface area contributed by atoms with Crippen LogP contribution in [0.2, 0.25) is 5.15 Å². The first kappa shape index (κ1) is 16.7. The summed E-state index contributed by atoms with van der Waals surface area (Å²) in [4.78, 5) is 4.05. The van der Waals surface area contributed by atoms with E-state index in [1.807, 2.05) is 0 Å². The number of hydrogen-bond acceptors (Lipinski definition) is 4. The average Bonchev–Trinajstić information content (AvgIpc) is 2.71. The standard InChI is InChI=1S/C12H15BrClN3O3S/c1-8(5-6-20-2)16-21(18,19)12-11(14)15-10-4-3-9(13)7-17(10)12/h3-4,7-8,16H,5-6H2,1-2H3/t8-/m0/s1. The summed E-state index contributed by atoms with van der Waals surface area (Å²) in [6, 6.07) is 3.18. The number of sulfonamides is 1. The van der Waals surface area contributed by atoms with Gasteiger partial charge in [0.25, 0.3) is 10.0 Å². The second-order valence-corrected chi connectivity index (χ2v) is 7.49. The van der Waals surface area contributed by atoms with E-state index in [1.54, 1.807) is 32.4 Å². The van der Waals surface area contributed by atoms with Crippen molar-refractivity contribution >= 4 is 43.2 Å². The Balaban J connectivity index is 2.40. The Bertz CT molecular complexity index is 748. The number of rotatable bonds is 6. The van der Waals surface area contributed by atoms with Gasteiger partial charge >= 0.3 is 0 Å². The maximum atomic E-state index is 12.5. The van der Waals surface area contributed by atoms with Crippen molar-refractivity contribution in [2.45, 2.75) is 24.4 Å². The third kappa shape index (κ3) is 3.75. The van der Waals surface area contributed by atoms with Gasteiger partial charge in [-0.25, -0.2) is 18.1 Å². The third-order valence-electron chi connectivity index (χ3n) is 2.86. The van der Waals surface area contributed by atoms with Gasteiger partial charge in [0.05, 0.1) is 0 Å². The summed E-state index contributed by atoms with van der Waals surface area (Å²) in [5.74, 6) is 0. The molecule has 0 saturated heterocycles. The van der Waals surface area contributed by atoms with E-state index < -0.39 is 10.0 Å². The SMILES string of the molecule is COCC[C@H](C)NS(=O)(=O)c1c(Cl)nc2ccc(Br)cn12. The summed E-state index contributed by atoms with van der Waals surface area (Å²) in [6.45, 7) is 2.24. The van der Waals surface area contributed by atoms with E-state index in [-0.39, 0.29) is 16.2 Å². The van der Waals surface area contributed by atoms with Gasteiger partial charge in [-0.05, 0) is 41.4 Å². The number of nitrogens with zero attached hydrogens (tertiary/aromatic N) is 2.